The first kappa shape index (κ1) is 21.1. The van der Waals surface area contributed by atoms with Gasteiger partial charge in [0.1, 0.15) is 11.4 Å². The summed E-state index contributed by atoms with van der Waals surface area (Å²) in [6, 6.07) is 13.6. The van der Waals surface area contributed by atoms with Gasteiger partial charge < -0.3 is 19.0 Å². The predicted molar refractivity (Wildman–Crippen MR) is 127 cm³/mol. The molecule has 0 aliphatic carbocycles. The number of ether oxygens (including phenoxy) is 1. The Hall–Kier alpha value is -3.81. The predicted octanol–water partition coefficient (Wildman–Crippen LogP) is 4.24. The van der Waals surface area contributed by atoms with Crippen molar-refractivity contribution in [2.24, 2.45) is 0 Å². The first-order valence-corrected chi connectivity index (χ1v) is 11.2. The number of aromatic nitrogens is 3. The van der Waals surface area contributed by atoms with E-state index in [9.17, 15) is 4.79 Å². The van der Waals surface area contributed by atoms with E-state index in [-0.39, 0.29) is 11.9 Å². The number of fused-ring (bicyclic) bond motifs is 1. The number of piperazine rings is 1. The largest absolute Gasteiger partial charge is 0.497 e. The second-order valence-corrected chi connectivity index (χ2v) is 8.43. The van der Waals surface area contributed by atoms with Crippen LogP contribution in [0.2, 0.25) is 0 Å². The van der Waals surface area contributed by atoms with Crippen molar-refractivity contribution in [2.75, 3.05) is 38.2 Å². The Balaban J connectivity index is 1.44. The summed E-state index contributed by atoms with van der Waals surface area (Å²) in [7, 11) is 1.67. The first-order chi connectivity index (χ1) is 16.0. The average Bonchev–Trinajstić information content (AvgIpc) is 3.53. The molecule has 0 bridgehead atoms. The topological polar surface area (TPSA) is 76.6 Å². The van der Waals surface area contributed by atoms with Gasteiger partial charge in [-0.05, 0) is 44.2 Å². The van der Waals surface area contributed by atoms with Crippen molar-refractivity contribution in [3.8, 4) is 17.2 Å². The van der Waals surface area contributed by atoms with Crippen molar-refractivity contribution in [3.63, 3.8) is 0 Å². The number of anilines is 1. The summed E-state index contributed by atoms with van der Waals surface area (Å²) < 4.78 is 12.8. The fraction of sp³-hybridized carbons (Fsp3) is 0.320. The van der Waals surface area contributed by atoms with Gasteiger partial charge in [0.25, 0.3) is 5.91 Å². The molecule has 0 saturated carbocycles. The molecule has 170 valence electrons. The number of amides is 1. The fourth-order valence-electron chi connectivity index (χ4n) is 4.27. The second kappa shape index (κ2) is 8.61. The minimum atomic E-state index is -0.0104. The fourth-order valence-corrected chi connectivity index (χ4v) is 4.27. The van der Waals surface area contributed by atoms with Gasteiger partial charge in [0.05, 0.1) is 30.5 Å². The number of carbonyl (C=O) groups excluding carboxylic acids is 1. The van der Waals surface area contributed by atoms with Crippen LogP contribution < -0.4 is 9.64 Å². The molecule has 1 aliphatic rings. The molecule has 0 unspecified atom stereocenters. The van der Waals surface area contributed by atoms with E-state index >= 15 is 0 Å². The number of rotatable bonds is 5. The third-order valence-corrected chi connectivity index (χ3v) is 6.05. The number of carbonyl (C=O) groups is 1. The van der Waals surface area contributed by atoms with Crippen molar-refractivity contribution in [1.82, 2.24) is 19.7 Å². The van der Waals surface area contributed by atoms with Crippen LogP contribution in [-0.2, 0) is 0 Å². The number of pyridine rings is 1. The smallest absolute Gasteiger partial charge is 0.254 e. The molecule has 4 heterocycles. The highest BCUT2D eigenvalue weighted by Gasteiger charge is 2.26. The van der Waals surface area contributed by atoms with Gasteiger partial charge in [0.15, 0.2) is 11.4 Å². The summed E-state index contributed by atoms with van der Waals surface area (Å²) >= 11 is 0. The van der Waals surface area contributed by atoms with E-state index < -0.39 is 0 Å². The molecule has 0 N–H and O–H groups in total. The normalized spacial score (nSPS) is 14.3. The maximum Gasteiger partial charge on any atom is 0.254 e. The van der Waals surface area contributed by atoms with Crippen molar-refractivity contribution < 1.29 is 13.9 Å². The van der Waals surface area contributed by atoms with Crippen LogP contribution in [0, 0.1) is 0 Å². The summed E-state index contributed by atoms with van der Waals surface area (Å²) in [5, 5.41) is 5.27. The molecular weight excluding hydrogens is 418 g/mol. The van der Waals surface area contributed by atoms with E-state index in [0.29, 0.717) is 35.8 Å². The number of hydrogen-bond acceptors (Lipinski definition) is 6. The monoisotopic (exact) mass is 445 g/mol. The minimum Gasteiger partial charge on any atom is -0.497 e. The van der Waals surface area contributed by atoms with Crippen LogP contribution in [0.5, 0.6) is 5.75 Å². The van der Waals surface area contributed by atoms with Gasteiger partial charge in [-0.25, -0.2) is 9.67 Å². The van der Waals surface area contributed by atoms with Crippen LogP contribution in [-0.4, -0.2) is 58.9 Å². The van der Waals surface area contributed by atoms with Crippen LogP contribution in [0.4, 0.5) is 5.69 Å². The molecule has 1 amide bonds. The summed E-state index contributed by atoms with van der Waals surface area (Å²) in [5.41, 5.74) is 3.03. The Morgan fingerprint density at radius 3 is 2.61 bits per heavy atom. The number of benzene rings is 1. The van der Waals surface area contributed by atoms with E-state index in [0.717, 1.165) is 29.9 Å². The maximum absolute atomic E-state index is 13.7. The van der Waals surface area contributed by atoms with E-state index in [1.807, 2.05) is 59.8 Å². The summed E-state index contributed by atoms with van der Waals surface area (Å²) in [6.45, 7) is 6.87. The van der Waals surface area contributed by atoms with E-state index in [1.165, 1.54) is 0 Å². The molecular formula is C25H27N5O3. The molecule has 5 rings (SSSR count). The number of hydrogen-bond donors (Lipinski definition) is 0. The SMILES string of the molecule is COc1cccc(N2CCN(C(=O)c3cc(-c4ccco4)nc4c3cnn4C(C)C)CC2)c1. The van der Waals surface area contributed by atoms with Crippen LogP contribution >= 0.6 is 0 Å². The van der Waals surface area contributed by atoms with Gasteiger partial charge >= 0.3 is 0 Å². The first-order valence-electron chi connectivity index (χ1n) is 11.2. The lowest BCUT2D eigenvalue weighted by molar-refractivity contribution is 0.0748. The molecule has 1 aliphatic heterocycles. The third kappa shape index (κ3) is 3.92. The molecule has 1 fully saturated rings. The number of nitrogens with zero attached hydrogens (tertiary/aromatic N) is 5. The van der Waals surface area contributed by atoms with Gasteiger partial charge in [-0.2, -0.15) is 5.10 Å². The van der Waals surface area contributed by atoms with Gasteiger partial charge in [0.2, 0.25) is 0 Å². The molecule has 8 nitrogen and oxygen atoms in total. The minimum absolute atomic E-state index is 0.0104. The van der Waals surface area contributed by atoms with E-state index in [4.69, 9.17) is 14.1 Å². The lowest BCUT2D eigenvalue weighted by atomic mass is 10.1. The summed E-state index contributed by atoms with van der Waals surface area (Å²) in [6.07, 6.45) is 3.36. The molecule has 3 aromatic heterocycles. The summed E-state index contributed by atoms with van der Waals surface area (Å²) in [4.78, 5) is 22.6. The van der Waals surface area contributed by atoms with Gasteiger partial charge in [-0.3, -0.25) is 4.79 Å². The third-order valence-electron chi connectivity index (χ3n) is 6.05. The van der Waals surface area contributed by atoms with Crippen LogP contribution in [0.3, 0.4) is 0 Å². The number of furan rings is 1. The highest BCUT2D eigenvalue weighted by Crippen LogP contribution is 2.28. The summed E-state index contributed by atoms with van der Waals surface area (Å²) in [5.74, 6) is 1.45. The molecule has 1 aromatic carbocycles. The van der Waals surface area contributed by atoms with Gasteiger partial charge in [-0.1, -0.05) is 6.07 Å². The van der Waals surface area contributed by atoms with Gasteiger partial charge in [0, 0.05) is 44.0 Å². The van der Waals surface area contributed by atoms with E-state index in [1.54, 1.807) is 19.6 Å². The van der Waals surface area contributed by atoms with Crippen molar-refractivity contribution in [3.05, 3.63) is 60.5 Å². The Morgan fingerprint density at radius 2 is 1.91 bits per heavy atom. The molecule has 0 atom stereocenters. The number of methoxy groups -OCH3 is 1. The zero-order valence-corrected chi connectivity index (χ0v) is 19.1. The van der Waals surface area contributed by atoms with E-state index in [2.05, 4.69) is 16.1 Å². The molecule has 0 spiro atoms. The Kier molecular flexibility index (Phi) is 5.50. The van der Waals surface area contributed by atoms with Crippen LogP contribution in [0.15, 0.2) is 59.3 Å². The standard InChI is InChI=1S/C25H27N5O3/c1-17(2)30-24-21(16-26-30)20(15-22(27-24)23-8-5-13-33-23)25(31)29-11-9-28(10-12-29)18-6-4-7-19(14-18)32-3/h4-8,13-17H,9-12H2,1-3H3. The highest BCUT2D eigenvalue weighted by molar-refractivity contribution is 6.06. The molecule has 4 aromatic rings. The Morgan fingerprint density at radius 1 is 1.09 bits per heavy atom. The van der Waals surface area contributed by atoms with Crippen LogP contribution in [0.25, 0.3) is 22.5 Å². The van der Waals surface area contributed by atoms with Gasteiger partial charge in [-0.15, -0.1) is 0 Å². The molecule has 0 radical (unpaired) electrons. The molecule has 33 heavy (non-hydrogen) atoms. The maximum atomic E-state index is 13.7. The Labute approximate surface area is 192 Å². The average molecular weight is 446 g/mol. The molecule has 8 heteroatoms. The van der Waals surface area contributed by atoms with Crippen molar-refractivity contribution >= 4 is 22.6 Å². The zero-order chi connectivity index (χ0) is 22.9. The van der Waals surface area contributed by atoms with Crippen molar-refractivity contribution in [1.29, 1.82) is 0 Å². The quantitative estimate of drug-likeness (QED) is 0.457. The molecule has 1 saturated heterocycles. The highest BCUT2D eigenvalue weighted by atomic mass is 16.5. The Bertz CT molecular complexity index is 1270. The lowest BCUT2D eigenvalue weighted by Crippen LogP contribution is -2.48. The lowest BCUT2D eigenvalue weighted by Gasteiger charge is -2.36. The second-order valence-electron chi connectivity index (χ2n) is 8.43. The zero-order valence-electron chi connectivity index (χ0n) is 19.1. The van der Waals surface area contributed by atoms with Crippen LogP contribution in [0.1, 0.15) is 30.2 Å². The van der Waals surface area contributed by atoms with Crippen molar-refractivity contribution in [2.45, 2.75) is 19.9 Å².